The molecule has 0 aliphatic rings. The van der Waals surface area contributed by atoms with Gasteiger partial charge in [0.15, 0.2) is 0 Å². The van der Waals surface area contributed by atoms with Crippen molar-refractivity contribution in [3.63, 3.8) is 0 Å². The van der Waals surface area contributed by atoms with E-state index in [4.69, 9.17) is 14.6 Å². The number of benzene rings is 6. The van der Waals surface area contributed by atoms with Crippen LogP contribution in [0.15, 0.2) is 134 Å². The monoisotopic (exact) mass is 959 g/mol. The molecule has 6 aromatic carbocycles. The summed E-state index contributed by atoms with van der Waals surface area (Å²) in [6, 6.07) is 48.7. The van der Waals surface area contributed by atoms with Crippen LogP contribution in [0.25, 0.3) is 70.7 Å². The van der Waals surface area contributed by atoms with Crippen LogP contribution in [0.2, 0.25) is 0 Å². The molecule has 0 saturated carbocycles. The number of rotatable bonds is 7. The van der Waals surface area contributed by atoms with Crippen LogP contribution in [-0.4, -0.2) is 14.5 Å². The van der Waals surface area contributed by atoms with Crippen LogP contribution < -0.4 is 0 Å². The van der Waals surface area contributed by atoms with Crippen LogP contribution in [0.4, 0.5) is 0 Å². The van der Waals surface area contributed by atoms with Gasteiger partial charge in [-0.25, -0.2) is 0 Å². The molecule has 293 valence electrons. The van der Waals surface area contributed by atoms with Gasteiger partial charge < -0.3 is 9.55 Å². The Kier molecular flexibility index (Phi) is 9.79. The van der Waals surface area contributed by atoms with E-state index in [2.05, 4.69) is 116 Å². The summed E-state index contributed by atoms with van der Waals surface area (Å²) < 4.78 is 60.2. The number of imidazole rings is 1. The van der Waals surface area contributed by atoms with Gasteiger partial charge in [0.25, 0.3) is 0 Å². The van der Waals surface area contributed by atoms with Crippen molar-refractivity contribution in [1.29, 1.82) is 0 Å². The molecule has 0 aliphatic carbocycles. The van der Waals surface area contributed by atoms with E-state index in [1.54, 1.807) is 43.4 Å². The standard InChI is InChI=1S/C38H33N2S.C15H16N.Ir/c1-23(2)30-21-27(26-13-7-6-8-14-26)22-31(24(3)4)36(30)40-33-17-11-10-16-32(33)39-38(40)29-20-19-25(5)35-28-15-9-12-18-34(28)41-37(29)35;1-11(2)14-9-15(16-10-12(14)3)13-7-5-4-6-8-13;/h6-19,21-24H,1-5H3;4-7,9-11H,1-3H3;/q2*-1;/i5D3;3D3,11D;. The summed E-state index contributed by atoms with van der Waals surface area (Å²) in [7, 11) is 0. The molecule has 0 bridgehead atoms. The fraction of sp³-hybridized carbons (Fsp3) is 0.208. The zero-order valence-corrected chi connectivity index (χ0v) is 36.7. The minimum Gasteiger partial charge on any atom is -0.333 e. The molecule has 0 aliphatic heterocycles. The Bertz CT molecular complexity index is 3100. The molecule has 0 saturated heterocycles. The van der Waals surface area contributed by atoms with Crippen molar-refractivity contribution in [1.82, 2.24) is 14.5 Å². The van der Waals surface area contributed by atoms with Crippen LogP contribution in [-0.2, 0) is 20.1 Å². The van der Waals surface area contributed by atoms with Gasteiger partial charge in [0, 0.05) is 46.3 Å². The quantitative estimate of drug-likeness (QED) is 0.149. The first-order valence-electron chi connectivity index (χ1n) is 22.9. The van der Waals surface area contributed by atoms with Gasteiger partial charge >= 0.3 is 0 Å². The largest absolute Gasteiger partial charge is 0.333 e. The van der Waals surface area contributed by atoms with Gasteiger partial charge in [-0.2, -0.15) is 11.3 Å². The number of pyridine rings is 1. The maximum absolute atomic E-state index is 8.35. The van der Waals surface area contributed by atoms with Gasteiger partial charge in [-0.1, -0.05) is 126 Å². The minimum absolute atomic E-state index is 0. The van der Waals surface area contributed by atoms with E-state index in [1.165, 1.54) is 28.5 Å². The predicted molar refractivity (Wildman–Crippen MR) is 244 cm³/mol. The molecule has 0 amide bonds. The van der Waals surface area contributed by atoms with E-state index in [0.29, 0.717) is 16.8 Å². The fourth-order valence-electron chi connectivity index (χ4n) is 7.54. The number of hydrogen-bond acceptors (Lipinski definition) is 3. The average molecular weight is 959 g/mol. The molecule has 0 atom stereocenters. The van der Waals surface area contributed by atoms with Gasteiger partial charge in [0.2, 0.25) is 0 Å². The van der Waals surface area contributed by atoms with Gasteiger partial charge in [-0.05, 0) is 104 Å². The third-order valence-electron chi connectivity index (χ3n) is 10.4. The van der Waals surface area contributed by atoms with Crippen molar-refractivity contribution in [3.05, 3.63) is 174 Å². The van der Waals surface area contributed by atoms with E-state index in [1.807, 2.05) is 42.5 Å². The number of aromatic nitrogens is 3. The van der Waals surface area contributed by atoms with Crippen molar-refractivity contribution in [2.45, 2.75) is 73.0 Å². The molecule has 9 rings (SSSR count). The maximum Gasteiger partial charge on any atom is 0.0774 e. The molecule has 0 fully saturated rings. The first kappa shape index (κ1) is 32.7. The second-order valence-electron chi connectivity index (χ2n) is 15.2. The number of nitrogens with zero attached hydrogens (tertiary/aromatic N) is 3. The SMILES string of the molecule is [2H]C([2H])([2H])c1c[c-]c(-c2nc3ccccc3n2-c2c(C(C)C)cc(-c3ccccc3)cc2C(C)C)c2sc3ccccc3c12.[2H]C([2H])([2H])c1cnc(-c2[c-]cccc2)cc1C([2H])(C)C.[Ir]. The topological polar surface area (TPSA) is 30.7 Å². The van der Waals surface area contributed by atoms with Crippen molar-refractivity contribution < 1.29 is 29.7 Å². The van der Waals surface area contributed by atoms with Crippen LogP contribution >= 0.6 is 11.3 Å². The first-order chi connectivity index (χ1) is 30.3. The number of fused-ring (bicyclic) bond motifs is 4. The molecule has 5 heteroatoms. The molecule has 3 heterocycles. The average Bonchev–Trinajstić information content (AvgIpc) is 3.84. The van der Waals surface area contributed by atoms with Crippen molar-refractivity contribution in [2.24, 2.45) is 0 Å². The number of aryl methyl sites for hydroxylation is 2. The molecule has 3 nitrogen and oxygen atoms in total. The van der Waals surface area contributed by atoms with Crippen LogP contribution in [0.5, 0.6) is 0 Å². The Balaban J connectivity index is 0.000000253. The molecule has 3 aromatic heterocycles. The van der Waals surface area contributed by atoms with E-state index in [0.717, 1.165) is 53.8 Å². The summed E-state index contributed by atoms with van der Waals surface area (Å²) in [6.07, 6.45) is 1.36. The number of hydrogen-bond donors (Lipinski definition) is 0. The zero-order chi connectivity index (χ0) is 45.7. The Labute approximate surface area is 371 Å². The normalized spacial score (nSPS) is 13.8. The molecule has 0 unspecified atom stereocenters. The molecular weight excluding hydrogens is 903 g/mol. The summed E-state index contributed by atoms with van der Waals surface area (Å²) in [5.41, 5.74) is 11.1. The van der Waals surface area contributed by atoms with Crippen molar-refractivity contribution >= 4 is 42.5 Å². The van der Waals surface area contributed by atoms with E-state index < -0.39 is 19.6 Å². The molecule has 0 spiro atoms. The Morgan fingerprint density at radius 3 is 2.09 bits per heavy atom. The number of thiophene rings is 1. The molecule has 1 radical (unpaired) electrons. The molecule has 9 aromatic rings. The van der Waals surface area contributed by atoms with E-state index in [-0.39, 0.29) is 37.5 Å². The van der Waals surface area contributed by atoms with Crippen molar-refractivity contribution in [3.8, 4) is 39.5 Å². The Morgan fingerprint density at radius 2 is 1.40 bits per heavy atom. The van der Waals surface area contributed by atoms with E-state index >= 15 is 0 Å². The second-order valence-corrected chi connectivity index (χ2v) is 16.3. The smallest absolute Gasteiger partial charge is 0.0774 e. The van der Waals surface area contributed by atoms with Gasteiger partial charge in [-0.3, -0.25) is 4.98 Å². The molecule has 58 heavy (non-hydrogen) atoms. The summed E-state index contributed by atoms with van der Waals surface area (Å²) in [5, 5.41) is 1.72. The van der Waals surface area contributed by atoms with Gasteiger partial charge in [-0.15, -0.1) is 53.6 Å². The number of para-hydroxylation sites is 2. The van der Waals surface area contributed by atoms with Crippen LogP contribution in [0.1, 0.15) is 96.7 Å². The third-order valence-corrected chi connectivity index (χ3v) is 11.6. The summed E-state index contributed by atoms with van der Waals surface area (Å²) >= 11 is 1.61. The summed E-state index contributed by atoms with van der Waals surface area (Å²) in [6.45, 7) is 7.82. The predicted octanol–water partition coefficient (Wildman–Crippen LogP) is 15.1. The Hall–Kier alpha value is -5.19. The first-order valence-corrected chi connectivity index (χ1v) is 20.2. The third kappa shape index (κ3) is 7.84. The fourth-order valence-corrected chi connectivity index (χ4v) is 8.76. The molecule has 0 N–H and O–H groups in total. The molecular formula is C53H49IrN3S-2. The van der Waals surface area contributed by atoms with Crippen LogP contribution in [0.3, 0.4) is 0 Å². The van der Waals surface area contributed by atoms with Gasteiger partial charge in [0.05, 0.1) is 16.9 Å². The summed E-state index contributed by atoms with van der Waals surface area (Å²) in [4.78, 5) is 9.47. The minimum atomic E-state index is -2.26. The van der Waals surface area contributed by atoms with Gasteiger partial charge in [0.1, 0.15) is 0 Å². The van der Waals surface area contributed by atoms with Crippen LogP contribution in [0, 0.1) is 25.8 Å². The maximum atomic E-state index is 8.35. The van der Waals surface area contributed by atoms with E-state index in [9.17, 15) is 0 Å². The Morgan fingerprint density at radius 1 is 0.707 bits per heavy atom. The summed E-state index contributed by atoms with van der Waals surface area (Å²) in [5.74, 6) is 0.255. The van der Waals surface area contributed by atoms with Crippen molar-refractivity contribution in [2.75, 3.05) is 0 Å². The zero-order valence-electron chi connectivity index (χ0n) is 40.4. The second kappa shape index (κ2) is 17.3.